The molecule has 1 fully saturated rings. The lowest BCUT2D eigenvalue weighted by molar-refractivity contribution is -0.129. The lowest BCUT2D eigenvalue weighted by Gasteiger charge is -2.33. The molecule has 132 valence electrons. The van der Waals surface area contributed by atoms with Crippen LogP contribution in [-0.4, -0.2) is 40.5 Å². The van der Waals surface area contributed by atoms with Crippen LogP contribution in [0.5, 0.6) is 0 Å². The van der Waals surface area contributed by atoms with Gasteiger partial charge in [-0.1, -0.05) is 18.2 Å². The Balaban J connectivity index is 1.37. The Morgan fingerprint density at radius 3 is 3.23 bits per heavy atom. The highest BCUT2D eigenvalue weighted by Gasteiger charge is 2.45. The van der Waals surface area contributed by atoms with E-state index in [9.17, 15) is 4.79 Å². The quantitative estimate of drug-likeness (QED) is 0.701. The summed E-state index contributed by atoms with van der Waals surface area (Å²) in [4.78, 5) is 23.6. The number of hydrogen-bond acceptors (Lipinski definition) is 5. The third-order valence-corrected chi connectivity index (χ3v) is 6.55. The Morgan fingerprint density at radius 1 is 1.35 bits per heavy atom. The van der Waals surface area contributed by atoms with E-state index in [2.05, 4.69) is 27.5 Å². The Hall–Kier alpha value is -2.31. The predicted octanol–water partition coefficient (Wildman–Crippen LogP) is 2.93. The summed E-state index contributed by atoms with van der Waals surface area (Å²) in [6, 6.07) is 8.28. The van der Waals surface area contributed by atoms with Crippen LogP contribution >= 0.6 is 11.3 Å². The van der Waals surface area contributed by atoms with E-state index in [1.807, 2.05) is 23.2 Å². The van der Waals surface area contributed by atoms with Gasteiger partial charge in [-0.25, -0.2) is 9.97 Å². The molecule has 2 aromatic heterocycles. The zero-order chi connectivity index (χ0) is 17.6. The van der Waals surface area contributed by atoms with Crippen LogP contribution in [0.1, 0.15) is 23.2 Å². The smallest absolute Gasteiger partial charge is 0.227 e. The van der Waals surface area contributed by atoms with E-state index in [-0.39, 0.29) is 11.3 Å². The first-order chi connectivity index (χ1) is 12.8. The second-order valence-electron chi connectivity index (χ2n) is 7.17. The van der Waals surface area contributed by atoms with Crippen LogP contribution < -0.4 is 0 Å². The first kappa shape index (κ1) is 15.9. The molecule has 0 radical (unpaired) electrons. The van der Waals surface area contributed by atoms with Gasteiger partial charge in [0.15, 0.2) is 0 Å². The molecule has 5 nitrogen and oxygen atoms in total. The van der Waals surface area contributed by atoms with Crippen LogP contribution in [0, 0.1) is 0 Å². The van der Waals surface area contributed by atoms with Gasteiger partial charge in [0.05, 0.1) is 30.7 Å². The van der Waals surface area contributed by atoms with Crippen molar-refractivity contribution in [1.82, 2.24) is 14.9 Å². The fourth-order valence-electron chi connectivity index (χ4n) is 4.21. The maximum absolute atomic E-state index is 13.0. The van der Waals surface area contributed by atoms with E-state index in [0.717, 1.165) is 29.8 Å². The number of hydrogen-bond donors (Lipinski definition) is 0. The Labute approximate surface area is 155 Å². The zero-order valence-electron chi connectivity index (χ0n) is 14.4. The van der Waals surface area contributed by atoms with E-state index in [1.165, 1.54) is 10.1 Å². The molecule has 1 spiro atoms. The molecule has 2 aliphatic heterocycles. The van der Waals surface area contributed by atoms with Crippen LogP contribution in [0.2, 0.25) is 0 Å². The molecule has 1 aromatic carbocycles. The number of carbonyl (C=O) groups excluding carboxylic acids is 1. The highest BCUT2D eigenvalue weighted by Crippen LogP contribution is 2.39. The van der Waals surface area contributed by atoms with E-state index < -0.39 is 0 Å². The molecule has 1 atom stereocenters. The number of amides is 1. The van der Waals surface area contributed by atoms with Crippen molar-refractivity contribution in [2.75, 3.05) is 19.7 Å². The molecule has 0 aliphatic carbocycles. The number of likely N-dealkylation sites (tertiary alicyclic amines) is 1. The molecular formula is C20H19N3O2S. The van der Waals surface area contributed by atoms with Gasteiger partial charge in [0.25, 0.3) is 0 Å². The monoisotopic (exact) mass is 365 g/mol. The van der Waals surface area contributed by atoms with Crippen molar-refractivity contribution in [1.29, 1.82) is 0 Å². The fourth-order valence-corrected chi connectivity index (χ4v) is 5.17. The Kier molecular flexibility index (Phi) is 3.76. The van der Waals surface area contributed by atoms with Gasteiger partial charge < -0.3 is 9.64 Å². The molecule has 5 rings (SSSR count). The van der Waals surface area contributed by atoms with Crippen molar-refractivity contribution in [2.45, 2.75) is 24.9 Å². The number of fused-ring (bicyclic) bond motifs is 3. The van der Waals surface area contributed by atoms with Gasteiger partial charge in [-0.05, 0) is 28.8 Å². The molecule has 2 aliphatic rings. The van der Waals surface area contributed by atoms with Gasteiger partial charge in [0.1, 0.15) is 6.33 Å². The van der Waals surface area contributed by atoms with Crippen molar-refractivity contribution >= 4 is 27.3 Å². The second-order valence-corrected chi connectivity index (χ2v) is 8.08. The highest BCUT2D eigenvalue weighted by atomic mass is 32.1. The average molecular weight is 365 g/mol. The van der Waals surface area contributed by atoms with Crippen LogP contribution in [-0.2, 0) is 28.0 Å². The van der Waals surface area contributed by atoms with Gasteiger partial charge in [-0.15, -0.1) is 11.3 Å². The summed E-state index contributed by atoms with van der Waals surface area (Å²) < 4.78 is 7.04. The first-order valence-electron chi connectivity index (χ1n) is 8.85. The standard InChI is InChI=1S/C20H19N3O2S/c24-18(7-14-10-26-17-4-2-1-3-16(14)17)23-6-5-20(11-23)12-25-9-15-8-21-13-22-19(15)20/h1-4,8,10,13H,5-7,9,11-12H2. The van der Waals surface area contributed by atoms with Crippen molar-refractivity contribution < 1.29 is 9.53 Å². The van der Waals surface area contributed by atoms with E-state index in [4.69, 9.17) is 4.74 Å². The van der Waals surface area contributed by atoms with E-state index in [1.54, 1.807) is 17.7 Å². The Morgan fingerprint density at radius 2 is 2.27 bits per heavy atom. The number of rotatable bonds is 2. The summed E-state index contributed by atoms with van der Waals surface area (Å²) in [7, 11) is 0. The largest absolute Gasteiger partial charge is 0.376 e. The SMILES string of the molecule is O=C(Cc1csc2ccccc12)N1CCC2(COCc3cncnc32)C1. The second kappa shape index (κ2) is 6.14. The van der Waals surface area contributed by atoms with Gasteiger partial charge in [0, 0.05) is 29.5 Å². The van der Waals surface area contributed by atoms with Crippen LogP contribution in [0.4, 0.5) is 0 Å². The van der Waals surface area contributed by atoms with Crippen molar-refractivity contribution in [3.05, 3.63) is 59.0 Å². The van der Waals surface area contributed by atoms with E-state index in [0.29, 0.717) is 26.2 Å². The summed E-state index contributed by atoms with van der Waals surface area (Å²) in [6.45, 7) is 2.63. The number of thiophene rings is 1. The molecule has 0 N–H and O–H groups in total. The summed E-state index contributed by atoms with van der Waals surface area (Å²) >= 11 is 1.70. The first-order valence-corrected chi connectivity index (χ1v) is 9.73. The number of ether oxygens (including phenoxy) is 1. The lowest BCUT2D eigenvalue weighted by atomic mass is 9.81. The summed E-state index contributed by atoms with van der Waals surface area (Å²) in [6.07, 6.45) is 4.80. The topological polar surface area (TPSA) is 55.3 Å². The molecule has 1 unspecified atom stereocenters. The summed E-state index contributed by atoms with van der Waals surface area (Å²) in [5, 5.41) is 3.31. The molecule has 4 heterocycles. The normalized spacial score (nSPS) is 22.1. The minimum absolute atomic E-state index is 0.178. The molecule has 1 amide bonds. The molecule has 0 saturated carbocycles. The van der Waals surface area contributed by atoms with E-state index >= 15 is 0 Å². The van der Waals surface area contributed by atoms with Gasteiger partial charge in [-0.3, -0.25) is 4.79 Å². The van der Waals surface area contributed by atoms with Crippen molar-refractivity contribution in [3.8, 4) is 0 Å². The Bertz CT molecular complexity index is 986. The van der Waals surface area contributed by atoms with Gasteiger partial charge in [0.2, 0.25) is 5.91 Å². The molecular weight excluding hydrogens is 346 g/mol. The number of aromatic nitrogens is 2. The van der Waals surface area contributed by atoms with Crippen LogP contribution in [0.15, 0.2) is 42.2 Å². The summed E-state index contributed by atoms with van der Waals surface area (Å²) in [5.41, 5.74) is 3.06. The fraction of sp³-hybridized carbons (Fsp3) is 0.350. The maximum atomic E-state index is 13.0. The van der Waals surface area contributed by atoms with Crippen molar-refractivity contribution in [2.24, 2.45) is 0 Å². The lowest BCUT2D eigenvalue weighted by Crippen LogP contribution is -2.41. The zero-order valence-corrected chi connectivity index (χ0v) is 15.2. The van der Waals surface area contributed by atoms with Gasteiger partial charge >= 0.3 is 0 Å². The molecule has 0 bridgehead atoms. The molecule has 26 heavy (non-hydrogen) atoms. The minimum atomic E-state index is -0.178. The van der Waals surface area contributed by atoms with Crippen LogP contribution in [0.25, 0.3) is 10.1 Å². The third-order valence-electron chi connectivity index (χ3n) is 5.54. The minimum Gasteiger partial charge on any atom is -0.376 e. The molecule has 6 heteroatoms. The maximum Gasteiger partial charge on any atom is 0.227 e. The van der Waals surface area contributed by atoms with Gasteiger partial charge in [-0.2, -0.15) is 0 Å². The van der Waals surface area contributed by atoms with Crippen LogP contribution in [0.3, 0.4) is 0 Å². The third kappa shape index (κ3) is 2.52. The number of nitrogens with zero attached hydrogens (tertiary/aromatic N) is 3. The molecule has 1 saturated heterocycles. The number of carbonyl (C=O) groups is 1. The van der Waals surface area contributed by atoms with Crippen molar-refractivity contribution in [3.63, 3.8) is 0 Å². The average Bonchev–Trinajstić information content (AvgIpc) is 3.28. The highest BCUT2D eigenvalue weighted by molar-refractivity contribution is 7.17. The summed E-state index contributed by atoms with van der Waals surface area (Å²) in [5.74, 6) is 0.187. The predicted molar refractivity (Wildman–Crippen MR) is 100 cm³/mol. The molecule has 3 aromatic rings. The number of benzene rings is 1.